The van der Waals surface area contributed by atoms with Crippen LogP contribution >= 0.6 is 12.4 Å². The molecular formula is C41H49ClN10O7. The molecule has 5 heterocycles. The largest absolute Gasteiger partial charge is 0.508 e. The number of ether oxygens (including phenoxy) is 1. The molecule has 18 heteroatoms. The first-order chi connectivity index (χ1) is 28.1. The number of phenols is 2. The Morgan fingerprint density at radius 3 is 2.20 bits per heavy atom. The zero-order valence-electron chi connectivity index (χ0n) is 32.5. The van der Waals surface area contributed by atoms with Crippen LogP contribution in [0.5, 0.6) is 11.5 Å². The molecule has 59 heavy (non-hydrogen) atoms. The molecule has 3 aliphatic rings. The first-order valence-electron chi connectivity index (χ1n) is 19.7. The summed E-state index contributed by atoms with van der Waals surface area (Å²) in [6, 6.07) is 16.0. The number of aromatic nitrogens is 5. The van der Waals surface area contributed by atoms with Crippen molar-refractivity contribution in [1.82, 2.24) is 35.1 Å². The lowest BCUT2D eigenvalue weighted by Gasteiger charge is -2.27. The number of phenolic OH excluding ortho intramolecular Hbond substituents is 2. The number of rotatable bonds is 12. The van der Waals surface area contributed by atoms with Gasteiger partial charge in [0.05, 0.1) is 37.2 Å². The van der Waals surface area contributed by atoms with Crippen molar-refractivity contribution in [3.8, 4) is 11.5 Å². The topological polar surface area (TPSA) is 223 Å². The van der Waals surface area contributed by atoms with E-state index in [2.05, 4.69) is 25.8 Å². The Kier molecular flexibility index (Phi) is 12.7. The number of fused-ring (bicyclic) bond motifs is 1. The van der Waals surface area contributed by atoms with Gasteiger partial charge in [-0.15, -0.1) is 12.4 Å². The van der Waals surface area contributed by atoms with Crippen LogP contribution in [0, 0.1) is 0 Å². The molecule has 2 aromatic carbocycles. The van der Waals surface area contributed by atoms with Gasteiger partial charge < -0.3 is 55.5 Å². The summed E-state index contributed by atoms with van der Waals surface area (Å²) in [6.07, 6.45) is 1.92. The number of benzene rings is 2. The molecule has 2 saturated heterocycles. The van der Waals surface area contributed by atoms with Crippen molar-refractivity contribution >= 4 is 53.0 Å². The van der Waals surface area contributed by atoms with E-state index < -0.39 is 24.3 Å². The summed E-state index contributed by atoms with van der Waals surface area (Å²) in [5.41, 5.74) is 3.17. The average Bonchev–Trinajstić information content (AvgIpc) is 3.97. The van der Waals surface area contributed by atoms with Gasteiger partial charge in [-0.25, -0.2) is 9.97 Å². The summed E-state index contributed by atoms with van der Waals surface area (Å²) in [7, 11) is 0. The van der Waals surface area contributed by atoms with Crippen molar-refractivity contribution in [3.63, 3.8) is 0 Å². The van der Waals surface area contributed by atoms with Gasteiger partial charge in [0.1, 0.15) is 29.5 Å². The molecule has 17 nitrogen and oxygen atoms in total. The van der Waals surface area contributed by atoms with Gasteiger partial charge in [-0.3, -0.25) is 9.59 Å². The minimum absolute atomic E-state index is 0. The lowest BCUT2D eigenvalue weighted by atomic mass is 9.91. The van der Waals surface area contributed by atoms with E-state index in [9.17, 15) is 30.0 Å². The van der Waals surface area contributed by atoms with Gasteiger partial charge in [-0.1, -0.05) is 31.2 Å². The number of nitrogens with zero attached hydrogens (tertiary/aromatic N) is 7. The third kappa shape index (κ3) is 8.97. The minimum atomic E-state index is -1.20. The molecule has 0 unspecified atom stereocenters. The summed E-state index contributed by atoms with van der Waals surface area (Å²) < 4.78 is 7.17. The summed E-state index contributed by atoms with van der Waals surface area (Å²) in [5.74, 6) is 1.24. The van der Waals surface area contributed by atoms with Crippen LogP contribution in [0.2, 0.25) is 0 Å². The second-order valence-corrected chi connectivity index (χ2v) is 15.0. The van der Waals surface area contributed by atoms with Gasteiger partial charge in [-0.05, 0) is 60.4 Å². The summed E-state index contributed by atoms with van der Waals surface area (Å²) in [4.78, 5) is 48.9. The van der Waals surface area contributed by atoms with Crippen LogP contribution in [0.4, 0.5) is 17.6 Å². The third-order valence-electron chi connectivity index (χ3n) is 11.3. The second-order valence-electron chi connectivity index (χ2n) is 15.0. The summed E-state index contributed by atoms with van der Waals surface area (Å²) in [5, 5.41) is 51.7. The van der Waals surface area contributed by atoms with E-state index in [1.165, 1.54) is 0 Å². The lowest BCUT2D eigenvalue weighted by Crippen LogP contribution is -2.42. The quantitative estimate of drug-likeness (QED) is 0.0962. The van der Waals surface area contributed by atoms with Crippen LogP contribution in [0.25, 0.3) is 11.2 Å². The minimum Gasteiger partial charge on any atom is -0.508 e. The Labute approximate surface area is 346 Å². The van der Waals surface area contributed by atoms with Gasteiger partial charge in [0.15, 0.2) is 17.0 Å². The molecule has 0 bridgehead atoms. The number of anilines is 3. The summed E-state index contributed by atoms with van der Waals surface area (Å²) in [6.45, 7) is 5.85. The standard InChI is InChI=1S/C41H48N10O7.ClH/c1-2-34(54)46-31-19-32(37(56)36(31)55)51-23-44-35-38(43-21-30(24-3-8-28(52)9-4-24)25-5-10-29(53)11-6-25)47-41(48-39(35)51)50-14-13-27(22-50)45-40(57)26-7-12-33(42-20-26)49-15-17-58-18-16-49;/h3-12,20,23,27,30-32,36-37,52-53,55-56H,2,13-19,21-22H2,1H3,(H,45,57)(H,46,54)(H,43,47,48);1H/t27-,31+,32-,36-,37+;/m1./s1. The van der Waals surface area contributed by atoms with Crippen molar-refractivity contribution in [2.24, 2.45) is 0 Å². The molecule has 312 valence electrons. The van der Waals surface area contributed by atoms with Gasteiger partial charge in [0.25, 0.3) is 5.91 Å². The number of imidazole rings is 1. The van der Waals surface area contributed by atoms with Gasteiger partial charge >= 0.3 is 0 Å². The van der Waals surface area contributed by atoms with Crippen molar-refractivity contribution in [1.29, 1.82) is 0 Å². The fourth-order valence-electron chi connectivity index (χ4n) is 8.02. The predicted molar refractivity (Wildman–Crippen MR) is 222 cm³/mol. The molecule has 8 rings (SSSR count). The zero-order chi connectivity index (χ0) is 40.3. The summed E-state index contributed by atoms with van der Waals surface area (Å²) >= 11 is 0. The monoisotopic (exact) mass is 828 g/mol. The van der Waals surface area contributed by atoms with E-state index in [-0.39, 0.29) is 60.5 Å². The Morgan fingerprint density at radius 2 is 1.56 bits per heavy atom. The number of pyridine rings is 1. The Bertz CT molecular complexity index is 2180. The molecule has 3 aromatic heterocycles. The normalized spacial score (nSPS) is 21.7. The molecule has 5 aromatic rings. The number of hydrogen-bond acceptors (Lipinski definition) is 14. The van der Waals surface area contributed by atoms with Gasteiger partial charge in [0, 0.05) is 57.3 Å². The highest BCUT2D eigenvalue weighted by Crippen LogP contribution is 2.36. The van der Waals surface area contributed by atoms with Crippen LogP contribution in [-0.2, 0) is 9.53 Å². The van der Waals surface area contributed by atoms with E-state index in [4.69, 9.17) is 19.7 Å². The molecule has 1 aliphatic carbocycles. The smallest absolute Gasteiger partial charge is 0.253 e. The maximum atomic E-state index is 13.4. The number of carbonyl (C=O) groups is 2. The highest BCUT2D eigenvalue weighted by Gasteiger charge is 2.44. The number of aromatic hydroxyl groups is 2. The molecule has 0 spiro atoms. The van der Waals surface area contributed by atoms with Crippen LogP contribution in [-0.4, -0.2) is 127 Å². The highest BCUT2D eigenvalue weighted by molar-refractivity contribution is 5.94. The number of nitrogens with one attached hydrogen (secondary N) is 3. The van der Waals surface area contributed by atoms with E-state index in [0.717, 1.165) is 30.0 Å². The first-order valence-corrected chi connectivity index (χ1v) is 19.7. The molecular weight excluding hydrogens is 780 g/mol. The average molecular weight is 829 g/mol. The number of aliphatic hydroxyl groups excluding tert-OH is 2. The van der Waals surface area contributed by atoms with Crippen LogP contribution in [0.15, 0.2) is 73.2 Å². The van der Waals surface area contributed by atoms with Crippen molar-refractivity contribution in [2.45, 2.75) is 62.4 Å². The lowest BCUT2D eigenvalue weighted by molar-refractivity contribution is -0.122. The first kappa shape index (κ1) is 41.4. The molecule has 0 radical (unpaired) electrons. The van der Waals surface area contributed by atoms with Gasteiger partial charge in [0.2, 0.25) is 11.9 Å². The molecule has 2 aliphatic heterocycles. The molecule has 5 atom stereocenters. The van der Waals surface area contributed by atoms with E-state index in [1.54, 1.807) is 54.3 Å². The Balaban J connectivity index is 0.00000528. The van der Waals surface area contributed by atoms with Crippen molar-refractivity contribution in [3.05, 3.63) is 89.9 Å². The van der Waals surface area contributed by atoms with Crippen LogP contribution in [0.1, 0.15) is 59.6 Å². The number of carbonyl (C=O) groups excluding carboxylic acids is 2. The molecule has 1 saturated carbocycles. The maximum Gasteiger partial charge on any atom is 0.253 e. The number of aliphatic hydroxyl groups is 2. The van der Waals surface area contributed by atoms with Gasteiger partial charge in [-0.2, -0.15) is 9.97 Å². The fourth-order valence-corrected chi connectivity index (χ4v) is 8.02. The number of hydrogen-bond donors (Lipinski definition) is 7. The van der Waals surface area contributed by atoms with Crippen LogP contribution in [0.3, 0.4) is 0 Å². The van der Waals surface area contributed by atoms with E-state index in [1.807, 2.05) is 35.2 Å². The van der Waals surface area contributed by atoms with Crippen molar-refractivity contribution < 1.29 is 34.8 Å². The fraction of sp³-hybridized carbons (Fsp3) is 0.415. The Hall–Kier alpha value is -5.75. The molecule has 3 fully saturated rings. The van der Waals surface area contributed by atoms with Crippen molar-refractivity contribution in [2.75, 3.05) is 61.1 Å². The zero-order valence-corrected chi connectivity index (χ0v) is 33.3. The second kappa shape index (κ2) is 18.0. The van der Waals surface area contributed by atoms with E-state index >= 15 is 0 Å². The Morgan fingerprint density at radius 1 is 0.864 bits per heavy atom. The highest BCUT2D eigenvalue weighted by atomic mass is 35.5. The maximum absolute atomic E-state index is 13.4. The number of halogens is 1. The predicted octanol–water partition coefficient (Wildman–Crippen LogP) is 2.71. The third-order valence-corrected chi connectivity index (χ3v) is 11.3. The van der Waals surface area contributed by atoms with Crippen LogP contribution < -0.4 is 25.8 Å². The van der Waals surface area contributed by atoms with E-state index in [0.29, 0.717) is 67.8 Å². The number of morpholine rings is 1. The molecule has 7 N–H and O–H groups in total. The SMILES string of the molecule is CCC(=O)N[C@H]1C[C@@H](n2cnc3c(NCC(c4ccc(O)cc4)c4ccc(O)cc4)nc(N4CC[C@@H](NC(=O)c5ccc(N6CCOCC6)nc5)C4)nc32)[C@H](O)[C@@H]1O.Cl. The number of amides is 2. The molecule has 2 amide bonds.